The van der Waals surface area contributed by atoms with Crippen LogP contribution < -0.4 is 0 Å². The normalized spacial score (nSPS) is 3.38. The van der Waals surface area contributed by atoms with Crippen molar-refractivity contribution in [2.24, 2.45) is 0 Å². The molecule has 0 aliphatic rings. The van der Waals surface area contributed by atoms with E-state index in [-0.39, 0.29) is 21.9 Å². The third kappa shape index (κ3) is 103. The molecule has 0 unspecified atom stereocenters. The van der Waals surface area contributed by atoms with Gasteiger partial charge in [-0.3, -0.25) is 0 Å². The zero-order valence-electron chi connectivity index (χ0n) is 3.71. The summed E-state index contributed by atoms with van der Waals surface area (Å²) < 4.78 is 0. The molecule has 0 spiro atoms. The Morgan fingerprint density at radius 1 is 0.625 bits per heavy atom. The topological polar surface area (TPSA) is 126 Å². The first-order valence-electron chi connectivity index (χ1n) is 0.655. The van der Waals surface area contributed by atoms with Crippen molar-refractivity contribution in [3.8, 4) is 0 Å². The third-order valence-corrected chi connectivity index (χ3v) is 0. The molecule has 0 aromatic rings. The minimum atomic E-state index is -1.04. The third-order valence-electron chi connectivity index (χ3n) is 0. The van der Waals surface area contributed by atoms with Crippen LogP contribution in [0.2, 0.25) is 0 Å². The molecular formula is H8Br3GaO4. The van der Waals surface area contributed by atoms with Gasteiger partial charge in [-0.15, -0.1) is 0 Å². The quantitative estimate of drug-likeness (QED) is 0.470. The maximum atomic E-state index is 3.29. The van der Waals surface area contributed by atoms with Crippen LogP contribution in [0.3, 0.4) is 0 Å². The van der Waals surface area contributed by atoms with Crippen molar-refractivity contribution in [3.05, 3.63) is 0 Å². The van der Waals surface area contributed by atoms with Gasteiger partial charge in [0.25, 0.3) is 0 Å². The zero-order chi connectivity index (χ0) is 3.58. The first kappa shape index (κ1) is 32.6. The Balaban J connectivity index is -0.00000000750. The fourth-order valence-corrected chi connectivity index (χ4v) is 0. The maximum absolute atomic E-state index is 3.29. The van der Waals surface area contributed by atoms with Crippen molar-refractivity contribution in [1.82, 2.24) is 0 Å². The van der Waals surface area contributed by atoms with Crippen molar-refractivity contribution in [2.75, 3.05) is 0 Å². The summed E-state index contributed by atoms with van der Waals surface area (Å²) >= 11 is 9.88. The Labute approximate surface area is 72.2 Å². The van der Waals surface area contributed by atoms with E-state index in [4.69, 9.17) is 0 Å². The van der Waals surface area contributed by atoms with Crippen LogP contribution in [0.4, 0.5) is 0 Å². The van der Waals surface area contributed by atoms with E-state index in [2.05, 4.69) is 40.7 Å². The van der Waals surface area contributed by atoms with Crippen LogP contribution in [0.15, 0.2) is 0 Å². The van der Waals surface area contributed by atoms with Gasteiger partial charge in [0.2, 0.25) is 0 Å². The van der Waals surface area contributed by atoms with Gasteiger partial charge in [-0.05, 0) is 0 Å². The molecule has 0 aliphatic carbocycles. The second-order valence-corrected chi connectivity index (χ2v) is 34.7. The predicted molar refractivity (Wildman–Crippen MR) is 47.0 cm³/mol. The van der Waals surface area contributed by atoms with Crippen molar-refractivity contribution >= 4 is 51.0 Å². The van der Waals surface area contributed by atoms with Gasteiger partial charge < -0.3 is 21.9 Å². The van der Waals surface area contributed by atoms with Crippen molar-refractivity contribution in [1.29, 1.82) is 0 Å². The number of hydrogen-bond acceptors (Lipinski definition) is 0. The van der Waals surface area contributed by atoms with Crippen LogP contribution in [0, 0.1) is 0 Å². The number of halogens is 3. The minimum absolute atomic E-state index is 0. The second kappa shape index (κ2) is 23.1. The molecule has 0 radical (unpaired) electrons. The van der Waals surface area contributed by atoms with E-state index in [1.54, 1.807) is 0 Å². The average molecular weight is 381 g/mol. The first-order valence-corrected chi connectivity index (χ1v) is 17.7. The average Bonchev–Trinajstić information content (AvgIpc) is 0.811. The van der Waals surface area contributed by atoms with Crippen LogP contribution in [0.1, 0.15) is 0 Å². The van der Waals surface area contributed by atoms with Gasteiger partial charge in [-0.25, -0.2) is 0 Å². The van der Waals surface area contributed by atoms with Crippen LogP contribution >= 0.6 is 40.7 Å². The summed E-state index contributed by atoms with van der Waals surface area (Å²) in [6, 6.07) is 0. The van der Waals surface area contributed by atoms with E-state index < -0.39 is 10.3 Å². The van der Waals surface area contributed by atoms with E-state index in [0.29, 0.717) is 0 Å². The predicted octanol–water partition coefficient (Wildman–Crippen LogP) is -1.14. The van der Waals surface area contributed by atoms with Crippen LogP contribution in [0.5, 0.6) is 0 Å². The van der Waals surface area contributed by atoms with Crippen LogP contribution in [0.25, 0.3) is 0 Å². The molecule has 4 nitrogen and oxygen atoms in total. The standard InChI is InChI=1S/3BrH.Ga.4H2O/h3*1H;;4*1H2/q;;;+3;;;;/p-3. The molecule has 0 saturated heterocycles. The Morgan fingerprint density at radius 2 is 0.625 bits per heavy atom. The SMILES string of the molecule is O.O.O.O.[Br][Ga]([Br])[Br]. The molecule has 0 aliphatic heterocycles. The molecular weight excluding hydrogens is 373 g/mol. The van der Waals surface area contributed by atoms with Gasteiger partial charge in [0.05, 0.1) is 0 Å². The number of hydrogen-bond donors (Lipinski definition) is 0. The fourth-order valence-electron chi connectivity index (χ4n) is 0. The van der Waals surface area contributed by atoms with E-state index in [0.717, 1.165) is 0 Å². The van der Waals surface area contributed by atoms with Gasteiger partial charge in [-0.1, -0.05) is 0 Å². The summed E-state index contributed by atoms with van der Waals surface area (Å²) in [5.41, 5.74) is 0. The molecule has 8 heavy (non-hydrogen) atoms. The van der Waals surface area contributed by atoms with Gasteiger partial charge in [0.15, 0.2) is 0 Å². The molecule has 0 fully saturated rings. The van der Waals surface area contributed by atoms with E-state index >= 15 is 0 Å². The summed E-state index contributed by atoms with van der Waals surface area (Å²) in [5, 5.41) is 0. The zero-order valence-corrected chi connectivity index (χ0v) is 10.9. The van der Waals surface area contributed by atoms with Crippen LogP contribution in [-0.2, 0) is 0 Å². The monoisotopic (exact) mass is 378 g/mol. The van der Waals surface area contributed by atoms with Gasteiger partial charge in [-0.2, -0.15) is 0 Å². The van der Waals surface area contributed by atoms with Crippen molar-refractivity contribution in [3.63, 3.8) is 0 Å². The van der Waals surface area contributed by atoms with Crippen LogP contribution in [-0.4, -0.2) is 32.2 Å². The molecule has 8 N–H and O–H groups in total. The number of rotatable bonds is 0. The Morgan fingerprint density at radius 3 is 0.625 bits per heavy atom. The fraction of sp³-hybridized carbons (Fsp3) is 0. The molecule has 0 rings (SSSR count). The summed E-state index contributed by atoms with van der Waals surface area (Å²) in [6.45, 7) is 0. The first-order chi connectivity index (χ1) is 1.73. The molecule has 0 atom stereocenters. The van der Waals surface area contributed by atoms with Gasteiger partial charge >= 0.3 is 51.0 Å². The molecule has 0 saturated carbocycles. The molecule has 0 heterocycles. The molecule has 0 bridgehead atoms. The summed E-state index contributed by atoms with van der Waals surface area (Å²) in [7, 11) is -1.04. The molecule has 56 valence electrons. The Kier molecular flexibility index (Phi) is 94.3. The summed E-state index contributed by atoms with van der Waals surface area (Å²) in [4.78, 5) is 0. The Hall–Kier alpha value is 1.92. The molecule has 0 amide bonds. The summed E-state index contributed by atoms with van der Waals surface area (Å²) in [5.74, 6) is 0. The van der Waals surface area contributed by atoms with Gasteiger partial charge in [0, 0.05) is 0 Å². The summed E-state index contributed by atoms with van der Waals surface area (Å²) in [6.07, 6.45) is 0. The van der Waals surface area contributed by atoms with E-state index in [1.165, 1.54) is 0 Å². The van der Waals surface area contributed by atoms with Gasteiger partial charge in [0.1, 0.15) is 0 Å². The van der Waals surface area contributed by atoms with E-state index in [9.17, 15) is 0 Å². The second-order valence-electron chi connectivity index (χ2n) is 0.247. The molecule has 0 aromatic carbocycles. The van der Waals surface area contributed by atoms with Crippen molar-refractivity contribution in [2.45, 2.75) is 0 Å². The molecule has 8 heteroatoms. The Bertz CT molecular complexity index is 16.0. The molecule has 0 aromatic heterocycles. The van der Waals surface area contributed by atoms with E-state index in [1.807, 2.05) is 0 Å². The van der Waals surface area contributed by atoms with Crippen molar-refractivity contribution < 1.29 is 21.9 Å².